The van der Waals surface area contributed by atoms with Crippen molar-refractivity contribution in [3.05, 3.63) is 75.8 Å². The van der Waals surface area contributed by atoms with Crippen LogP contribution in [0.15, 0.2) is 53.4 Å². The fourth-order valence-corrected chi connectivity index (χ4v) is 4.21. The molecule has 0 bridgehead atoms. The van der Waals surface area contributed by atoms with Crippen molar-refractivity contribution in [3.8, 4) is 0 Å². The van der Waals surface area contributed by atoms with Gasteiger partial charge in [0, 0.05) is 23.1 Å². The second-order valence-corrected chi connectivity index (χ2v) is 8.44. The molecule has 7 heteroatoms. The third-order valence-electron chi connectivity index (χ3n) is 4.30. The molecular weight excluding hydrogens is 416 g/mol. The molecule has 1 N–H and O–H groups in total. The van der Waals surface area contributed by atoms with Gasteiger partial charge in [-0.15, -0.1) is 23.1 Å². The second-order valence-electron chi connectivity index (χ2n) is 6.48. The number of ether oxygens (including phenoxy) is 1. The number of anilines is 1. The highest BCUT2D eigenvalue weighted by molar-refractivity contribution is 7.98. The maximum Gasteiger partial charge on any atom is 0.337 e. The standard InChI is InChI=1S/C23H22N2O3S2/c1-15(26)24-23-25-20(13-8-16-4-9-18(10-5-16)22(27)28-2)21(30-23)14-17-6-11-19(29-3)12-7-17/h4-13H,14H2,1-3H3,(H,24,25,26)/b13-8-. The van der Waals surface area contributed by atoms with Crippen LogP contribution < -0.4 is 5.32 Å². The molecule has 1 aromatic heterocycles. The molecule has 2 aromatic carbocycles. The molecule has 0 aliphatic carbocycles. The van der Waals surface area contributed by atoms with Crippen LogP contribution in [-0.2, 0) is 16.0 Å². The smallest absolute Gasteiger partial charge is 0.337 e. The Labute approximate surface area is 184 Å². The zero-order chi connectivity index (χ0) is 21.5. The summed E-state index contributed by atoms with van der Waals surface area (Å²) in [4.78, 5) is 29.9. The van der Waals surface area contributed by atoms with Gasteiger partial charge in [-0.2, -0.15) is 0 Å². The second kappa shape index (κ2) is 10.2. The van der Waals surface area contributed by atoms with Crippen LogP contribution >= 0.6 is 23.1 Å². The number of methoxy groups -OCH3 is 1. The summed E-state index contributed by atoms with van der Waals surface area (Å²) in [5, 5.41) is 3.36. The Morgan fingerprint density at radius 1 is 1.10 bits per heavy atom. The molecule has 154 valence electrons. The van der Waals surface area contributed by atoms with E-state index in [1.165, 1.54) is 35.8 Å². The van der Waals surface area contributed by atoms with E-state index in [0.29, 0.717) is 10.7 Å². The topological polar surface area (TPSA) is 68.3 Å². The number of hydrogen-bond acceptors (Lipinski definition) is 6. The van der Waals surface area contributed by atoms with Gasteiger partial charge in [-0.05, 0) is 47.7 Å². The van der Waals surface area contributed by atoms with E-state index in [9.17, 15) is 9.59 Å². The molecule has 30 heavy (non-hydrogen) atoms. The first-order valence-electron chi connectivity index (χ1n) is 9.25. The lowest BCUT2D eigenvalue weighted by Gasteiger charge is -2.02. The molecule has 0 aliphatic heterocycles. The third-order valence-corrected chi connectivity index (χ3v) is 6.03. The summed E-state index contributed by atoms with van der Waals surface area (Å²) in [7, 11) is 1.36. The zero-order valence-electron chi connectivity index (χ0n) is 17.0. The van der Waals surface area contributed by atoms with Gasteiger partial charge < -0.3 is 10.1 Å². The molecule has 0 spiro atoms. The molecule has 0 unspecified atom stereocenters. The summed E-state index contributed by atoms with van der Waals surface area (Å²) in [6, 6.07) is 15.6. The number of aromatic nitrogens is 1. The monoisotopic (exact) mass is 438 g/mol. The lowest BCUT2D eigenvalue weighted by atomic mass is 10.1. The van der Waals surface area contributed by atoms with E-state index in [-0.39, 0.29) is 11.9 Å². The van der Waals surface area contributed by atoms with Gasteiger partial charge in [0.2, 0.25) is 5.91 Å². The van der Waals surface area contributed by atoms with Gasteiger partial charge in [-0.1, -0.05) is 30.3 Å². The minimum atomic E-state index is -0.361. The number of carbonyl (C=O) groups excluding carboxylic acids is 2. The SMILES string of the molecule is COC(=O)c1ccc(/C=C\c2nc(NC(C)=O)sc2Cc2ccc(SC)cc2)cc1. The number of carbonyl (C=O) groups is 2. The average molecular weight is 439 g/mol. The fraction of sp³-hybridized carbons (Fsp3) is 0.174. The van der Waals surface area contributed by atoms with Crippen molar-refractivity contribution in [2.45, 2.75) is 18.2 Å². The van der Waals surface area contributed by atoms with Crippen LogP contribution in [0.2, 0.25) is 0 Å². The Kier molecular flexibility index (Phi) is 7.43. The number of nitrogens with one attached hydrogen (secondary N) is 1. The highest BCUT2D eigenvalue weighted by Crippen LogP contribution is 2.28. The van der Waals surface area contributed by atoms with Crippen molar-refractivity contribution < 1.29 is 14.3 Å². The first-order valence-corrected chi connectivity index (χ1v) is 11.3. The highest BCUT2D eigenvalue weighted by atomic mass is 32.2. The van der Waals surface area contributed by atoms with E-state index in [0.717, 1.165) is 22.6 Å². The predicted octanol–water partition coefficient (Wildman–Crippen LogP) is 5.37. The maximum atomic E-state index is 11.6. The summed E-state index contributed by atoms with van der Waals surface area (Å²) < 4.78 is 4.73. The van der Waals surface area contributed by atoms with E-state index in [2.05, 4.69) is 40.8 Å². The first kappa shape index (κ1) is 21.8. The Bertz CT molecular complexity index is 1060. The van der Waals surface area contributed by atoms with Gasteiger partial charge >= 0.3 is 5.97 Å². The van der Waals surface area contributed by atoms with E-state index in [1.807, 2.05) is 24.3 Å². The molecule has 0 saturated heterocycles. The van der Waals surface area contributed by atoms with Crippen molar-refractivity contribution in [1.29, 1.82) is 0 Å². The number of benzene rings is 2. The summed E-state index contributed by atoms with van der Waals surface area (Å²) in [5.41, 5.74) is 3.44. The first-order chi connectivity index (χ1) is 14.5. The minimum Gasteiger partial charge on any atom is -0.465 e. The Balaban J connectivity index is 1.84. The molecule has 1 amide bonds. The van der Waals surface area contributed by atoms with Crippen LogP contribution in [0, 0.1) is 0 Å². The van der Waals surface area contributed by atoms with Crippen LogP contribution in [0.25, 0.3) is 12.2 Å². The Hall–Kier alpha value is -2.90. The van der Waals surface area contributed by atoms with Crippen LogP contribution in [0.1, 0.15) is 39.0 Å². The average Bonchev–Trinajstić information content (AvgIpc) is 3.12. The van der Waals surface area contributed by atoms with E-state index >= 15 is 0 Å². The van der Waals surface area contributed by atoms with Crippen molar-refractivity contribution >= 4 is 52.3 Å². The molecule has 3 rings (SSSR count). The zero-order valence-corrected chi connectivity index (χ0v) is 18.6. The Morgan fingerprint density at radius 2 is 1.80 bits per heavy atom. The van der Waals surface area contributed by atoms with Crippen molar-refractivity contribution in [3.63, 3.8) is 0 Å². The number of esters is 1. The number of nitrogens with zero attached hydrogens (tertiary/aromatic N) is 1. The highest BCUT2D eigenvalue weighted by Gasteiger charge is 2.11. The largest absolute Gasteiger partial charge is 0.465 e. The van der Waals surface area contributed by atoms with E-state index < -0.39 is 0 Å². The fourth-order valence-electron chi connectivity index (χ4n) is 2.78. The number of thiazole rings is 1. The quantitative estimate of drug-likeness (QED) is 0.397. The molecular formula is C23H22N2O3S2. The Morgan fingerprint density at radius 3 is 2.40 bits per heavy atom. The third kappa shape index (κ3) is 5.81. The van der Waals surface area contributed by atoms with Gasteiger partial charge in [0.15, 0.2) is 5.13 Å². The number of hydrogen-bond donors (Lipinski definition) is 1. The minimum absolute atomic E-state index is 0.145. The molecule has 5 nitrogen and oxygen atoms in total. The molecule has 0 atom stereocenters. The van der Waals surface area contributed by atoms with E-state index in [1.54, 1.807) is 23.9 Å². The van der Waals surface area contributed by atoms with Crippen molar-refractivity contribution in [2.24, 2.45) is 0 Å². The van der Waals surface area contributed by atoms with Gasteiger partial charge in [0.1, 0.15) is 0 Å². The van der Waals surface area contributed by atoms with Crippen LogP contribution in [0.5, 0.6) is 0 Å². The summed E-state index contributed by atoms with van der Waals surface area (Å²) >= 11 is 3.19. The maximum absolute atomic E-state index is 11.6. The molecule has 0 fully saturated rings. The molecule has 0 aliphatic rings. The number of rotatable bonds is 7. The van der Waals surface area contributed by atoms with Crippen LogP contribution in [0.4, 0.5) is 5.13 Å². The number of amides is 1. The lowest BCUT2D eigenvalue weighted by molar-refractivity contribution is -0.114. The van der Waals surface area contributed by atoms with Crippen LogP contribution in [-0.4, -0.2) is 30.2 Å². The summed E-state index contributed by atoms with van der Waals surface area (Å²) in [6.45, 7) is 1.47. The normalized spacial score (nSPS) is 10.9. The van der Waals surface area contributed by atoms with Crippen molar-refractivity contribution in [1.82, 2.24) is 4.98 Å². The predicted molar refractivity (Wildman–Crippen MR) is 124 cm³/mol. The van der Waals surface area contributed by atoms with E-state index in [4.69, 9.17) is 4.74 Å². The number of thioether (sulfide) groups is 1. The molecule has 0 radical (unpaired) electrons. The van der Waals surface area contributed by atoms with Crippen LogP contribution in [0.3, 0.4) is 0 Å². The summed E-state index contributed by atoms with van der Waals surface area (Å²) in [5.74, 6) is -0.506. The van der Waals surface area contributed by atoms with Gasteiger partial charge in [-0.3, -0.25) is 4.79 Å². The van der Waals surface area contributed by atoms with Gasteiger partial charge in [0.05, 0.1) is 18.4 Å². The summed E-state index contributed by atoms with van der Waals surface area (Å²) in [6.07, 6.45) is 6.65. The van der Waals surface area contributed by atoms with Gasteiger partial charge in [-0.25, -0.2) is 9.78 Å². The molecule has 3 aromatic rings. The molecule has 1 heterocycles. The molecule has 0 saturated carbocycles. The van der Waals surface area contributed by atoms with Crippen molar-refractivity contribution in [2.75, 3.05) is 18.7 Å². The lowest BCUT2D eigenvalue weighted by Crippen LogP contribution is -2.04. The van der Waals surface area contributed by atoms with Gasteiger partial charge in [0.25, 0.3) is 0 Å².